The number of hydrogen-bond donors (Lipinski definition) is 1. The zero-order valence-corrected chi connectivity index (χ0v) is 22.3. The zero-order chi connectivity index (χ0) is 29.6. The highest BCUT2D eigenvalue weighted by molar-refractivity contribution is 6.05. The number of carbonyl (C=O) groups excluding carboxylic acids is 1. The van der Waals surface area contributed by atoms with Gasteiger partial charge in [-0.25, -0.2) is 9.37 Å². The summed E-state index contributed by atoms with van der Waals surface area (Å²) in [4.78, 5) is 31.5. The van der Waals surface area contributed by atoms with E-state index in [9.17, 15) is 27.2 Å². The second-order valence-corrected chi connectivity index (χ2v) is 10.1. The molecule has 216 valence electrons. The van der Waals surface area contributed by atoms with Gasteiger partial charge in [0.15, 0.2) is 11.5 Å². The molecule has 1 amide bonds. The van der Waals surface area contributed by atoms with E-state index in [1.54, 1.807) is 18.5 Å². The number of fused-ring (bicyclic) bond motifs is 1. The first kappa shape index (κ1) is 27.3. The third-order valence-electron chi connectivity index (χ3n) is 7.38. The average Bonchev–Trinajstić information content (AvgIpc) is 3.71. The van der Waals surface area contributed by atoms with Gasteiger partial charge in [-0.05, 0) is 37.1 Å². The molecular weight excluding hydrogens is 556 g/mol. The van der Waals surface area contributed by atoms with Crippen molar-refractivity contribution in [2.75, 3.05) is 5.32 Å². The summed E-state index contributed by atoms with van der Waals surface area (Å²) < 4.78 is 60.0. The van der Waals surface area contributed by atoms with Crippen LogP contribution in [0.3, 0.4) is 0 Å². The molecule has 10 nitrogen and oxygen atoms in total. The molecule has 1 aromatic carbocycles. The maximum absolute atomic E-state index is 14.5. The lowest BCUT2D eigenvalue weighted by Gasteiger charge is -2.14. The van der Waals surface area contributed by atoms with Gasteiger partial charge in [-0.3, -0.25) is 18.8 Å². The van der Waals surface area contributed by atoms with Crippen LogP contribution in [0, 0.1) is 5.82 Å². The minimum absolute atomic E-state index is 0.0500. The molecule has 0 spiro atoms. The molecular formula is C28H24F4N8O2. The number of nitrogens with one attached hydrogen (secondary N) is 1. The molecule has 0 aliphatic heterocycles. The summed E-state index contributed by atoms with van der Waals surface area (Å²) in [6, 6.07) is 11.5. The first-order valence-electron chi connectivity index (χ1n) is 13.2. The predicted molar refractivity (Wildman–Crippen MR) is 144 cm³/mol. The van der Waals surface area contributed by atoms with Gasteiger partial charge in [0.2, 0.25) is 0 Å². The molecule has 4 aromatic heterocycles. The summed E-state index contributed by atoms with van der Waals surface area (Å²) in [6.07, 6.45) is 0.917. The molecule has 5 aromatic rings. The molecule has 1 N–H and O–H groups in total. The second-order valence-electron chi connectivity index (χ2n) is 10.1. The van der Waals surface area contributed by atoms with Crippen LogP contribution in [-0.4, -0.2) is 40.0 Å². The maximum atomic E-state index is 14.5. The molecule has 0 radical (unpaired) electrons. The van der Waals surface area contributed by atoms with E-state index in [1.807, 2.05) is 4.57 Å². The van der Waals surface area contributed by atoms with Crippen LogP contribution >= 0.6 is 0 Å². The zero-order valence-electron chi connectivity index (χ0n) is 22.3. The SMILES string of the molecule is Cn1nc(C(F)(F)F)c2cc(C(=O)Nc3cccc(-c4nncn4C4CCCC4)n3)c(=O)n(Cc3ccccc3F)c21. The fraction of sp³-hybridized carbons (Fsp3) is 0.286. The molecule has 6 rings (SSSR count). The summed E-state index contributed by atoms with van der Waals surface area (Å²) in [7, 11) is 1.24. The van der Waals surface area contributed by atoms with Crippen LogP contribution in [-0.2, 0) is 19.8 Å². The standard InChI is InChI=1S/C28H24F4N8O2/c1-38-26-18(23(37-38)28(30,31)32)13-19(27(42)39(26)14-16-7-2-5-10-20(16)29)25(41)35-22-12-6-11-21(34-22)24-36-33-15-40(24)17-8-3-4-9-17/h2,5-7,10-13,15,17H,3-4,8-9,14H2,1H3,(H,34,35,41). The average molecular weight is 581 g/mol. The Labute approximate surface area is 235 Å². The Morgan fingerprint density at radius 1 is 1.10 bits per heavy atom. The highest BCUT2D eigenvalue weighted by atomic mass is 19.4. The second kappa shape index (κ2) is 10.5. The van der Waals surface area contributed by atoms with Crippen LogP contribution < -0.4 is 10.9 Å². The van der Waals surface area contributed by atoms with Gasteiger partial charge in [0.05, 0.1) is 11.9 Å². The van der Waals surface area contributed by atoms with Gasteiger partial charge in [-0.15, -0.1) is 10.2 Å². The minimum atomic E-state index is -4.88. The summed E-state index contributed by atoms with van der Waals surface area (Å²) in [5, 5.41) is 13.8. The number of nitrogens with zero attached hydrogens (tertiary/aromatic N) is 7. The summed E-state index contributed by atoms with van der Waals surface area (Å²) >= 11 is 0. The normalized spacial score (nSPS) is 14.1. The molecule has 1 saturated carbocycles. The van der Waals surface area contributed by atoms with E-state index in [4.69, 9.17) is 0 Å². The largest absolute Gasteiger partial charge is 0.435 e. The predicted octanol–water partition coefficient (Wildman–Crippen LogP) is 4.96. The Hall–Kier alpha value is -4.88. The van der Waals surface area contributed by atoms with Crippen molar-refractivity contribution >= 4 is 22.8 Å². The van der Waals surface area contributed by atoms with Gasteiger partial charge in [0, 0.05) is 18.7 Å². The van der Waals surface area contributed by atoms with Gasteiger partial charge in [-0.2, -0.15) is 18.3 Å². The number of hydrogen-bond acceptors (Lipinski definition) is 6. The molecule has 0 bridgehead atoms. The van der Waals surface area contributed by atoms with Crippen molar-refractivity contribution in [2.45, 2.75) is 44.4 Å². The first-order chi connectivity index (χ1) is 20.1. The number of anilines is 1. The van der Waals surface area contributed by atoms with Crippen molar-refractivity contribution in [1.29, 1.82) is 0 Å². The highest BCUT2D eigenvalue weighted by Gasteiger charge is 2.38. The monoisotopic (exact) mass is 580 g/mol. The molecule has 4 heterocycles. The van der Waals surface area contributed by atoms with Crippen LogP contribution in [0.25, 0.3) is 22.6 Å². The molecule has 0 saturated heterocycles. The molecule has 0 unspecified atom stereocenters. The van der Waals surface area contributed by atoms with E-state index in [0.717, 1.165) is 41.0 Å². The fourth-order valence-corrected chi connectivity index (χ4v) is 5.44. The molecule has 1 aliphatic carbocycles. The number of rotatable bonds is 6. The lowest BCUT2D eigenvalue weighted by Crippen LogP contribution is -2.31. The topological polar surface area (TPSA) is 113 Å². The van der Waals surface area contributed by atoms with Crippen molar-refractivity contribution in [3.05, 3.63) is 87.9 Å². The Kier molecular flexibility index (Phi) is 6.83. The number of pyridine rings is 2. The van der Waals surface area contributed by atoms with Crippen molar-refractivity contribution < 1.29 is 22.4 Å². The lowest BCUT2D eigenvalue weighted by molar-refractivity contribution is -0.140. The van der Waals surface area contributed by atoms with Gasteiger partial charge in [0.1, 0.15) is 34.9 Å². The maximum Gasteiger partial charge on any atom is 0.435 e. The number of halogens is 4. The van der Waals surface area contributed by atoms with Gasteiger partial charge >= 0.3 is 6.18 Å². The van der Waals surface area contributed by atoms with Crippen molar-refractivity contribution in [1.82, 2.24) is 34.1 Å². The number of aryl methyl sites for hydroxylation is 1. The lowest BCUT2D eigenvalue weighted by atomic mass is 10.1. The smallest absolute Gasteiger partial charge is 0.309 e. The van der Waals surface area contributed by atoms with E-state index in [0.29, 0.717) is 11.5 Å². The number of aromatic nitrogens is 7. The Balaban J connectivity index is 1.41. The van der Waals surface area contributed by atoms with Crippen LogP contribution in [0.5, 0.6) is 0 Å². The number of benzene rings is 1. The third-order valence-corrected chi connectivity index (χ3v) is 7.38. The van der Waals surface area contributed by atoms with Gasteiger partial charge < -0.3 is 9.88 Å². The van der Waals surface area contributed by atoms with E-state index >= 15 is 0 Å². The number of amides is 1. The fourth-order valence-electron chi connectivity index (χ4n) is 5.44. The first-order valence-corrected chi connectivity index (χ1v) is 13.2. The van der Waals surface area contributed by atoms with Crippen LogP contribution in [0.1, 0.15) is 53.3 Å². The van der Waals surface area contributed by atoms with E-state index in [-0.39, 0.29) is 23.1 Å². The van der Waals surface area contributed by atoms with Crippen LogP contribution in [0.4, 0.5) is 23.4 Å². The number of carbonyl (C=O) groups is 1. The highest BCUT2D eigenvalue weighted by Crippen LogP contribution is 2.34. The van der Waals surface area contributed by atoms with Gasteiger partial charge in [0.25, 0.3) is 11.5 Å². The molecule has 14 heteroatoms. The van der Waals surface area contributed by atoms with Crippen LogP contribution in [0.15, 0.2) is 59.7 Å². The molecule has 1 aliphatic rings. The van der Waals surface area contributed by atoms with E-state index < -0.39 is 46.6 Å². The Morgan fingerprint density at radius 3 is 2.60 bits per heavy atom. The van der Waals surface area contributed by atoms with E-state index in [2.05, 4.69) is 25.6 Å². The number of alkyl halides is 3. The molecule has 1 fully saturated rings. The van der Waals surface area contributed by atoms with E-state index in [1.165, 1.54) is 37.4 Å². The van der Waals surface area contributed by atoms with Crippen LogP contribution in [0.2, 0.25) is 0 Å². The Bertz CT molecular complexity index is 1870. The summed E-state index contributed by atoms with van der Waals surface area (Å²) in [5.74, 6) is -1.07. The third kappa shape index (κ3) is 4.92. The minimum Gasteiger partial charge on any atom is -0.309 e. The molecule has 0 atom stereocenters. The Morgan fingerprint density at radius 2 is 1.86 bits per heavy atom. The summed E-state index contributed by atoms with van der Waals surface area (Å²) in [6.45, 7) is -0.426. The quantitative estimate of drug-likeness (QED) is 0.284. The molecule has 42 heavy (non-hydrogen) atoms. The van der Waals surface area contributed by atoms with Crippen molar-refractivity contribution in [3.63, 3.8) is 0 Å². The van der Waals surface area contributed by atoms with Crippen molar-refractivity contribution in [3.8, 4) is 11.5 Å². The van der Waals surface area contributed by atoms with Gasteiger partial charge in [-0.1, -0.05) is 37.1 Å². The van der Waals surface area contributed by atoms with Crippen molar-refractivity contribution in [2.24, 2.45) is 7.05 Å². The summed E-state index contributed by atoms with van der Waals surface area (Å²) in [5.41, 5.74) is -2.51.